The van der Waals surface area contributed by atoms with E-state index < -0.39 is 0 Å². The zero-order chi connectivity index (χ0) is 14.9. The third-order valence-electron chi connectivity index (χ3n) is 3.71. The average molecular weight is 305 g/mol. The smallest absolute Gasteiger partial charge is 0.138 e. The van der Waals surface area contributed by atoms with Gasteiger partial charge in [-0.2, -0.15) is 0 Å². The summed E-state index contributed by atoms with van der Waals surface area (Å²) in [6.07, 6.45) is 0. The Morgan fingerprint density at radius 2 is 1.50 bits per heavy atom. The van der Waals surface area contributed by atoms with Gasteiger partial charge in [0.05, 0.1) is 11.0 Å². The number of imidazole rings is 1. The van der Waals surface area contributed by atoms with Gasteiger partial charge in [-0.1, -0.05) is 60.1 Å². The minimum absolute atomic E-state index is 0.749. The maximum atomic E-state index is 6.05. The van der Waals surface area contributed by atoms with Gasteiger partial charge in [-0.05, 0) is 35.4 Å². The van der Waals surface area contributed by atoms with Crippen molar-refractivity contribution in [2.45, 2.75) is 0 Å². The van der Waals surface area contributed by atoms with E-state index in [-0.39, 0.29) is 0 Å². The molecule has 3 aromatic carbocycles. The highest BCUT2D eigenvalue weighted by Gasteiger charge is 2.05. The second kappa shape index (κ2) is 5.32. The quantitative estimate of drug-likeness (QED) is 0.516. The first-order chi connectivity index (χ1) is 10.8. The van der Waals surface area contributed by atoms with Crippen molar-refractivity contribution in [2.24, 2.45) is 0 Å². The van der Waals surface area contributed by atoms with E-state index >= 15 is 0 Å². The van der Waals surface area contributed by atoms with Crippen molar-refractivity contribution in [1.82, 2.24) is 9.97 Å². The molecule has 0 saturated carbocycles. The number of nitrogens with one attached hydrogen (secondary N) is 1. The van der Waals surface area contributed by atoms with Crippen molar-refractivity contribution in [1.29, 1.82) is 0 Å². The van der Waals surface area contributed by atoms with Crippen LogP contribution in [0.4, 0.5) is 0 Å². The van der Waals surface area contributed by atoms with Gasteiger partial charge in [0.2, 0.25) is 0 Å². The number of aromatic amines is 1. The van der Waals surface area contributed by atoms with E-state index in [1.807, 2.05) is 42.5 Å². The Balaban J connectivity index is 1.72. The summed E-state index contributed by atoms with van der Waals surface area (Å²) < 4.78 is 0. The van der Waals surface area contributed by atoms with Crippen LogP contribution < -0.4 is 0 Å². The Bertz CT molecular complexity index is 906. The number of aromatic nitrogens is 2. The molecule has 3 heteroatoms. The highest BCUT2D eigenvalue weighted by molar-refractivity contribution is 6.30. The Morgan fingerprint density at radius 1 is 0.727 bits per heavy atom. The highest BCUT2D eigenvalue weighted by atomic mass is 35.5. The summed E-state index contributed by atoms with van der Waals surface area (Å²) in [6.45, 7) is 0. The van der Waals surface area contributed by atoms with Crippen molar-refractivity contribution < 1.29 is 0 Å². The zero-order valence-electron chi connectivity index (χ0n) is 11.8. The number of benzene rings is 3. The van der Waals surface area contributed by atoms with Crippen LogP contribution in [0.3, 0.4) is 0 Å². The second-order valence-electron chi connectivity index (χ2n) is 5.19. The molecule has 0 amide bonds. The molecule has 1 heterocycles. The van der Waals surface area contributed by atoms with Crippen molar-refractivity contribution in [3.63, 3.8) is 0 Å². The number of rotatable bonds is 2. The van der Waals surface area contributed by atoms with Gasteiger partial charge in [0.15, 0.2) is 0 Å². The molecule has 1 N–H and O–H groups in total. The predicted octanol–water partition coefficient (Wildman–Crippen LogP) is 5.55. The van der Waals surface area contributed by atoms with Crippen LogP contribution in [0.15, 0.2) is 72.8 Å². The van der Waals surface area contributed by atoms with Crippen LogP contribution in [0.2, 0.25) is 5.02 Å². The highest BCUT2D eigenvalue weighted by Crippen LogP contribution is 2.26. The van der Waals surface area contributed by atoms with E-state index in [1.165, 1.54) is 0 Å². The minimum Gasteiger partial charge on any atom is -0.338 e. The Kier molecular flexibility index (Phi) is 3.17. The van der Waals surface area contributed by atoms with Crippen molar-refractivity contribution in [2.75, 3.05) is 0 Å². The fraction of sp³-hybridized carbons (Fsp3) is 0. The fourth-order valence-corrected chi connectivity index (χ4v) is 2.77. The van der Waals surface area contributed by atoms with Crippen LogP contribution in [0.25, 0.3) is 33.5 Å². The first-order valence-electron chi connectivity index (χ1n) is 7.11. The van der Waals surface area contributed by atoms with Crippen molar-refractivity contribution in [3.8, 4) is 22.5 Å². The lowest BCUT2D eigenvalue weighted by molar-refractivity contribution is 1.34. The van der Waals surface area contributed by atoms with Gasteiger partial charge in [-0.3, -0.25) is 0 Å². The molecule has 0 atom stereocenters. The number of nitrogens with zero attached hydrogens (tertiary/aromatic N) is 1. The molecule has 0 aliphatic carbocycles. The topological polar surface area (TPSA) is 28.7 Å². The van der Waals surface area contributed by atoms with Gasteiger partial charge >= 0.3 is 0 Å². The first-order valence-corrected chi connectivity index (χ1v) is 7.48. The summed E-state index contributed by atoms with van der Waals surface area (Å²) in [5.41, 5.74) is 5.36. The Hall–Kier alpha value is -2.58. The lowest BCUT2D eigenvalue weighted by Crippen LogP contribution is -1.82. The molecule has 22 heavy (non-hydrogen) atoms. The predicted molar refractivity (Wildman–Crippen MR) is 92.0 cm³/mol. The summed E-state index contributed by atoms with van der Waals surface area (Å²) in [5, 5.41) is 0.749. The van der Waals surface area contributed by atoms with Crippen LogP contribution in [0.1, 0.15) is 0 Å². The van der Waals surface area contributed by atoms with Gasteiger partial charge in [0, 0.05) is 10.6 Å². The largest absolute Gasteiger partial charge is 0.338 e. The van der Waals surface area contributed by atoms with E-state index in [9.17, 15) is 0 Å². The van der Waals surface area contributed by atoms with Crippen LogP contribution in [0.5, 0.6) is 0 Å². The van der Waals surface area contributed by atoms with Gasteiger partial charge in [0.25, 0.3) is 0 Å². The molecular weight excluding hydrogens is 292 g/mol. The van der Waals surface area contributed by atoms with E-state index in [0.29, 0.717) is 0 Å². The minimum atomic E-state index is 0.749. The third-order valence-corrected chi connectivity index (χ3v) is 3.94. The van der Waals surface area contributed by atoms with Gasteiger partial charge in [-0.15, -0.1) is 0 Å². The normalized spacial score (nSPS) is 11.0. The van der Waals surface area contributed by atoms with E-state index in [0.717, 1.165) is 38.6 Å². The Morgan fingerprint density at radius 3 is 2.27 bits per heavy atom. The summed E-state index contributed by atoms with van der Waals surface area (Å²) in [4.78, 5) is 7.97. The fourth-order valence-electron chi connectivity index (χ4n) is 2.58. The lowest BCUT2D eigenvalue weighted by atomic mass is 10.0. The molecule has 0 unspecified atom stereocenters. The van der Waals surface area contributed by atoms with E-state index in [1.54, 1.807) is 0 Å². The third kappa shape index (κ3) is 2.38. The summed E-state index contributed by atoms with van der Waals surface area (Å²) in [6, 6.07) is 24.3. The van der Waals surface area contributed by atoms with Gasteiger partial charge < -0.3 is 4.98 Å². The molecule has 0 spiro atoms. The van der Waals surface area contributed by atoms with Gasteiger partial charge in [-0.25, -0.2) is 4.98 Å². The Labute approximate surface area is 133 Å². The molecule has 0 fully saturated rings. The van der Waals surface area contributed by atoms with Crippen LogP contribution in [-0.2, 0) is 0 Å². The molecule has 1 aromatic heterocycles. The molecule has 2 nitrogen and oxygen atoms in total. The van der Waals surface area contributed by atoms with Crippen LogP contribution in [0, 0.1) is 0 Å². The zero-order valence-corrected chi connectivity index (χ0v) is 12.5. The standard InChI is InChI=1S/C19H13ClN2/c20-16-5-3-4-15(12-16)13-8-10-14(11-9-13)19-21-17-6-1-2-7-18(17)22-19/h1-12H,(H,21,22). The molecule has 0 saturated heterocycles. The molecule has 0 aliphatic rings. The molecule has 0 bridgehead atoms. The maximum absolute atomic E-state index is 6.05. The molecule has 106 valence electrons. The average Bonchev–Trinajstić information content (AvgIpc) is 2.99. The number of H-pyrrole nitrogens is 1. The molecular formula is C19H13ClN2. The van der Waals surface area contributed by atoms with E-state index in [2.05, 4.69) is 40.3 Å². The van der Waals surface area contributed by atoms with Gasteiger partial charge in [0.1, 0.15) is 5.82 Å². The summed E-state index contributed by atoms with van der Waals surface area (Å²) in [5.74, 6) is 0.888. The van der Waals surface area contributed by atoms with Crippen molar-refractivity contribution >= 4 is 22.6 Å². The number of para-hydroxylation sites is 2. The first kappa shape index (κ1) is 13.1. The number of hydrogen-bond donors (Lipinski definition) is 1. The van der Waals surface area contributed by atoms with Crippen LogP contribution in [-0.4, -0.2) is 9.97 Å². The molecule has 4 rings (SSSR count). The monoisotopic (exact) mass is 304 g/mol. The van der Waals surface area contributed by atoms with Crippen LogP contribution >= 0.6 is 11.6 Å². The number of hydrogen-bond acceptors (Lipinski definition) is 1. The van der Waals surface area contributed by atoms with E-state index in [4.69, 9.17) is 11.6 Å². The molecule has 4 aromatic rings. The second-order valence-corrected chi connectivity index (χ2v) is 5.63. The lowest BCUT2D eigenvalue weighted by Gasteiger charge is -2.03. The summed E-state index contributed by atoms with van der Waals surface area (Å²) >= 11 is 6.05. The number of halogens is 1. The molecule has 0 radical (unpaired) electrons. The summed E-state index contributed by atoms with van der Waals surface area (Å²) in [7, 11) is 0. The van der Waals surface area contributed by atoms with Crippen molar-refractivity contribution in [3.05, 3.63) is 77.8 Å². The maximum Gasteiger partial charge on any atom is 0.138 e. The molecule has 0 aliphatic heterocycles. The number of fused-ring (bicyclic) bond motifs is 1. The SMILES string of the molecule is Clc1cccc(-c2ccc(-c3nc4ccccc4[nH]3)cc2)c1.